The number of anilines is 2. The van der Waals surface area contributed by atoms with Gasteiger partial charge in [0.2, 0.25) is 0 Å². The molecule has 0 spiro atoms. The lowest BCUT2D eigenvalue weighted by molar-refractivity contribution is 0.0601. The molecule has 2 aromatic carbocycles. The second-order valence-corrected chi connectivity index (χ2v) is 4.24. The lowest BCUT2D eigenvalue weighted by Gasteiger charge is -2.11. The number of phenols is 1. The minimum Gasteiger partial charge on any atom is -0.506 e. The molecule has 2 aromatic rings. The summed E-state index contributed by atoms with van der Waals surface area (Å²) in [7, 11) is 1.30. The fourth-order valence-corrected chi connectivity index (χ4v) is 1.77. The highest BCUT2D eigenvalue weighted by molar-refractivity contribution is 6.33. The minimum absolute atomic E-state index is 0.0209. The van der Waals surface area contributed by atoms with E-state index in [-0.39, 0.29) is 5.75 Å². The van der Waals surface area contributed by atoms with E-state index in [0.717, 1.165) is 0 Å². The van der Waals surface area contributed by atoms with Gasteiger partial charge in [0.1, 0.15) is 5.75 Å². The molecule has 0 unspecified atom stereocenters. The van der Waals surface area contributed by atoms with Crippen LogP contribution in [0.3, 0.4) is 0 Å². The van der Waals surface area contributed by atoms with E-state index in [0.29, 0.717) is 22.0 Å². The maximum absolute atomic E-state index is 11.4. The molecule has 0 heterocycles. The van der Waals surface area contributed by atoms with Crippen LogP contribution in [0, 0.1) is 0 Å². The van der Waals surface area contributed by atoms with Gasteiger partial charge in [0.05, 0.1) is 29.1 Å². The Bertz CT molecular complexity index is 613. The van der Waals surface area contributed by atoms with E-state index in [1.165, 1.54) is 25.3 Å². The average Bonchev–Trinajstić information content (AvgIpc) is 2.42. The largest absolute Gasteiger partial charge is 0.506 e. The quantitative estimate of drug-likeness (QED) is 0.665. The predicted octanol–water partition coefficient (Wildman–Crippen LogP) is 3.58. The molecule has 0 aliphatic rings. The Kier molecular flexibility index (Phi) is 3.92. The number of para-hydroxylation sites is 1. The molecule has 5 heteroatoms. The molecule has 0 saturated heterocycles. The van der Waals surface area contributed by atoms with Crippen LogP contribution in [-0.2, 0) is 4.74 Å². The minimum atomic E-state index is -0.470. The first-order valence-electron chi connectivity index (χ1n) is 5.54. The average molecular weight is 278 g/mol. The van der Waals surface area contributed by atoms with Crippen LogP contribution >= 0.6 is 11.6 Å². The van der Waals surface area contributed by atoms with Gasteiger partial charge in [0.25, 0.3) is 0 Å². The standard InChI is InChI=1S/C14H12ClNO3/c1-19-14(18)9-6-7-13(17)12(8-9)16-11-5-3-2-4-10(11)15/h2-8,16-17H,1H3. The number of carbonyl (C=O) groups is 1. The van der Waals surface area contributed by atoms with Crippen LogP contribution in [0.25, 0.3) is 0 Å². The highest BCUT2D eigenvalue weighted by Crippen LogP contribution is 2.31. The number of benzene rings is 2. The van der Waals surface area contributed by atoms with Crippen LogP contribution in [0.2, 0.25) is 5.02 Å². The summed E-state index contributed by atoms with van der Waals surface area (Å²) < 4.78 is 4.63. The molecule has 0 aliphatic carbocycles. The number of nitrogens with one attached hydrogen (secondary N) is 1. The third-order valence-corrected chi connectivity index (χ3v) is 2.89. The van der Waals surface area contributed by atoms with Gasteiger partial charge in [0.15, 0.2) is 0 Å². The van der Waals surface area contributed by atoms with Gasteiger partial charge in [-0.3, -0.25) is 0 Å². The fraction of sp³-hybridized carbons (Fsp3) is 0.0714. The van der Waals surface area contributed by atoms with Crippen LogP contribution in [0.1, 0.15) is 10.4 Å². The van der Waals surface area contributed by atoms with Gasteiger partial charge in [-0.2, -0.15) is 0 Å². The first kappa shape index (κ1) is 13.2. The summed E-state index contributed by atoms with van der Waals surface area (Å²) in [6.07, 6.45) is 0. The van der Waals surface area contributed by atoms with Crippen molar-refractivity contribution in [1.82, 2.24) is 0 Å². The van der Waals surface area contributed by atoms with Crippen LogP contribution < -0.4 is 5.32 Å². The first-order valence-corrected chi connectivity index (χ1v) is 5.92. The summed E-state index contributed by atoms with van der Waals surface area (Å²) in [6.45, 7) is 0. The normalized spacial score (nSPS) is 10.0. The van der Waals surface area contributed by atoms with Crippen molar-refractivity contribution < 1.29 is 14.6 Å². The number of methoxy groups -OCH3 is 1. The third kappa shape index (κ3) is 2.98. The van der Waals surface area contributed by atoms with Crippen molar-refractivity contribution in [3.63, 3.8) is 0 Å². The Morgan fingerprint density at radius 1 is 1.21 bits per heavy atom. The Hall–Kier alpha value is -2.20. The molecule has 4 nitrogen and oxygen atoms in total. The van der Waals surface area contributed by atoms with Gasteiger partial charge in [0, 0.05) is 0 Å². The van der Waals surface area contributed by atoms with E-state index >= 15 is 0 Å². The molecule has 0 saturated carbocycles. The van der Waals surface area contributed by atoms with Gasteiger partial charge in [-0.25, -0.2) is 4.79 Å². The van der Waals surface area contributed by atoms with Crippen molar-refractivity contribution in [2.24, 2.45) is 0 Å². The van der Waals surface area contributed by atoms with Crippen molar-refractivity contribution in [2.45, 2.75) is 0 Å². The van der Waals surface area contributed by atoms with E-state index in [1.807, 2.05) is 6.07 Å². The summed E-state index contributed by atoms with van der Waals surface area (Å²) >= 11 is 6.02. The van der Waals surface area contributed by atoms with Crippen LogP contribution in [-0.4, -0.2) is 18.2 Å². The van der Waals surface area contributed by atoms with E-state index in [4.69, 9.17) is 11.6 Å². The van der Waals surface area contributed by atoms with Crippen molar-refractivity contribution >= 4 is 28.9 Å². The molecule has 98 valence electrons. The molecule has 0 aliphatic heterocycles. The van der Waals surface area contributed by atoms with E-state index in [1.54, 1.807) is 18.2 Å². The van der Waals surface area contributed by atoms with Gasteiger partial charge in [-0.15, -0.1) is 0 Å². The summed E-state index contributed by atoms with van der Waals surface area (Å²) in [4.78, 5) is 11.4. The highest BCUT2D eigenvalue weighted by Gasteiger charge is 2.10. The maximum atomic E-state index is 11.4. The molecule has 0 aromatic heterocycles. The van der Waals surface area contributed by atoms with Crippen molar-refractivity contribution in [2.75, 3.05) is 12.4 Å². The number of aromatic hydroxyl groups is 1. The van der Waals surface area contributed by atoms with Gasteiger partial charge in [-0.05, 0) is 30.3 Å². The number of ether oxygens (including phenoxy) is 1. The second-order valence-electron chi connectivity index (χ2n) is 3.83. The number of carbonyl (C=O) groups excluding carboxylic acids is 1. The lowest BCUT2D eigenvalue weighted by Crippen LogP contribution is -2.02. The Morgan fingerprint density at radius 2 is 1.95 bits per heavy atom. The molecular formula is C14H12ClNO3. The van der Waals surface area contributed by atoms with Crippen molar-refractivity contribution in [3.8, 4) is 5.75 Å². The monoisotopic (exact) mass is 277 g/mol. The number of rotatable bonds is 3. The second kappa shape index (κ2) is 5.63. The molecule has 2 rings (SSSR count). The molecule has 2 N–H and O–H groups in total. The topological polar surface area (TPSA) is 58.6 Å². The van der Waals surface area contributed by atoms with Gasteiger partial charge in [-0.1, -0.05) is 23.7 Å². The number of phenolic OH excluding ortho intramolecular Hbond substituents is 1. The third-order valence-electron chi connectivity index (χ3n) is 2.56. The molecule has 0 radical (unpaired) electrons. The highest BCUT2D eigenvalue weighted by atomic mass is 35.5. The molecular weight excluding hydrogens is 266 g/mol. The molecule has 0 atom stereocenters. The van der Waals surface area contributed by atoms with Gasteiger partial charge < -0.3 is 15.2 Å². The van der Waals surface area contributed by atoms with E-state index < -0.39 is 5.97 Å². The maximum Gasteiger partial charge on any atom is 0.337 e. The van der Waals surface area contributed by atoms with Crippen molar-refractivity contribution in [3.05, 3.63) is 53.1 Å². The Morgan fingerprint density at radius 3 is 2.63 bits per heavy atom. The number of hydrogen-bond acceptors (Lipinski definition) is 4. The molecule has 0 bridgehead atoms. The van der Waals surface area contributed by atoms with Crippen molar-refractivity contribution in [1.29, 1.82) is 0 Å². The van der Waals surface area contributed by atoms with Crippen LogP contribution in [0.15, 0.2) is 42.5 Å². The Labute approximate surface area is 115 Å². The summed E-state index contributed by atoms with van der Waals surface area (Å²) in [5.41, 5.74) is 1.37. The zero-order valence-electron chi connectivity index (χ0n) is 10.2. The lowest BCUT2D eigenvalue weighted by atomic mass is 10.2. The summed E-state index contributed by atoms with van der Waals surface area (Å²) in [5.74, 6) is -0.449. The zero-order valence-corrected chi connectivity index (χ0v) is 10.9. The first-order chi connectivity index (χ1) is 9.11. The molecule has 0 fully saturated rings. The van der Waals surface area contributed by atoms with E-state index in [2.05, 4.69) is 10.1 Å². The smallest absolute Gasteiger partial charge is 0.337 e. The van der Waals surface area contributed by atoms with Crippen LogP contribution in [0.5, 0.6) is 5.75 Å². The molecule has 0 amide bonds. The van der Waals surface area contributed by atoms with E-state index in [9.17, 15) is 9.90 Å². The SMILES string of the molecule is COC(=O)c1ccc(O)c(Nc2ccccc2Cl)c1. The molecule has 19 heavy (non-hydrogen) atoms. The fourth-order valence-electron chi connectivity index (χ4n) is 1.59. The van der Waals surface area contributed by atoms with Gasteiger partial charge >= 0.3 is 5.97 Å². The van der Waals surface area contributed by atoms with Crippen LogP contribution in [0.4, 0.5) is 11.4 Å². The summed E-state index contributed by atoms with van der Waals surface area (Å²) in [5, 5.41) is 13.3. The Balaban J connectivity index is 2.34. The predicted molar refractivity (Wildman–Crippen MR) is 74.2 cm³/mol. The summed E-state index contributed by atoms with van der Waals surface area (Å²) in [6, 6.07) is 11.5. The number of hydrogen-bond donors (Lipinski definition) is 2. The zero-order chi connectivity index (χ0) is 13.8. The number of halogens is 1. The number of esters is 1.